The van der Waals surface area contributed by atoms with E-state index in [2.05, 4.69) is 12.2 Å². The minimum atomic E-state index is -0.674. The van der Waals surface area contributed by atoms with Crippen LogP contribution in [-0.2, 0) is 9.53 Å². The summed E-state index contributed by atoms with van der Waals surface area (Å²) in [5.41, 5.74) is 1.10. The average Bonchev–Trinajstić information content (AvgIpc) is 2.63. The first-order chi connectivity index (χ1) is 12.0. The number of carbonyl (C=O) groups is 2. The molecule has 25 heavy (non-hydrogen) atoms. The van der Waals surface area contributed by atoms with E-state index in [9.17, 15) is 9.59 Å². The van der Waals surface area contributed by atoms with E-state index in [0.717, 1.165) is 25.9 Å². The number of carbonyl (C=O) groups excluding carboxylic acids is 2. The van der Waals surface area contributed by atoms with Gasteiger partial charge in [0.15, 0.2) is 5.57 Å². The molecule has 1 aliphatic heterocycles. The molecule has 0 aromatic heterocycles. The van der Waals surface area contributed by atoms with Crippen molar-refractivity contribution in [3.05, 3.63) is 41.6 Å². The van der Waals surface area contributed by atoms with Crippen molar-refractivity contribution in [3.63, 3.8) is 0 Å². The molecule has 6 nitrogen and oxygen atoms in total. The molecule has 1 aliphatic rings. The molecule has 0 bridgehead atoms. The summed E-state index contributed by atoms with van der Waals surface area (Å²) in [6.07, 6.45) is 3.35. The minimum Gasteiger partial charge on any atom is -0.462 e. The van der Waals surface area contributed by atoms with Gasteiger partial charge in [0.05, 0.1) is 6.61 Å². The van der Waals surface area contributed by atoms with Gasteiger partial charge in [-0.1, -0.05) is 13.0 Å². The van der Waals surface area contributed by atoms with Crippen molar-refractivity contribution in [2.24, 2.45) is 5.92 Å². The second-order valence-corrected chi connectivity index (χ2v) is 6.09. The van der Waals surface area contributed by atoms with Gasteiger partial charge in [0.25, 0.3) is 5.91 Å². The highest BCUT2D eigenvalue weighted by atomic mass is 16.5. The Hall–Kier alpha value is -2.81. The van der Waals surface area contributed by atoms with E-state index in [1.54, 1.807) is 37.3 Å². The Morgan fingerprint density at radius 3 is 2.76 bits per heavy atom. The van der Waals surface area contributed by atoms with E-state index < -0.39 is 5.97 Å². The van der Waals surface area contributed by atoms with Crippen molar-refractivity contribution < 1.29 is 14.3 Å². The predicted molar refractivity (Wildman–Crippen MR) is 94.7 cm³/mol. The average molecular weight is 341 g/mol. The Balaban J connectivity index is 2.07. The van der Waals surface area contributed by atoms with Crippen LogP contribution in [0.25, 0.3) is 0 Å². The lowest BCUT2D eigenvalue weighted by molar-refractivity contribution is -0.138. The fraction of sp³-hybridized carbons (Fsp3) is 0.421. The number of rotatable bonds is 5. The Morgan fingerprint density at radius 2 is 2.12 bits per heavy atom. The van der Waals surface area contributed by atoms with Crippen molar-refractivity contribution in [3.8, 4) is 6.07 Å². The number of anilines is 1. The number of amides is 1. The van der Waals surface area contributed by atoms with Gasteiger partial charge in [0.1, 0.15) is 6.07 Å². The number of nitriles is 1. The molecule has 6 heteroatoms. The molecule has 0 atom stereocenters. The standard InChI is InChI=1S/C19H23N3O3/c1-3-25-19(24)16(12-20)13-21-17-6-4-5-15(11-17)18(23)22-9-7-14(2)8-10-22/h4-6,11,13-14,21H,3,7-10H2,1-2H3/b16-13-. The second-order valence-electron chi connectivity index (χ2n) is 6.09. The van der Waals surface area contributed by atoms with Crippen LogP contribution >= 0.6 is 0 Å². The van der Waals surface area contributed by atoms with Gasteiger partial charge in [-0.3, -0.25) is 4.79 Å². The number of hydrogen-bond acceptors (Lipinski definition) is 5. The van der Waals surface area contributed by atoms with Crippen LogP contribution in [0.3, 0.4) is 0 Å². The van der Waals surface area contributed by atoms with Crippen LogP contribution in [0, 0.1) is 17.2 Å². The Labute approximate surface area is 148 Å². The Kier molecular flexibility index (Phi) is 6.58. The molecular weight excluding hydrogens is 318 g/mol. The quantitative estimate of drug-likeness (QED) is 0.506. The first kappa shape index (κ1) is 18.5. The van der Waals surface area contributed by atoms with Gasteiger partial charge in [0.2, 0.25) is 0 Å². The largest absolute Gasteiger partial charge is 0.462 e. The normalized spacial score (nSPS) is 15.4. The monoisotopic (exact) mass is 341 g/mol. The molecule has 0 radical (unpaired) electrons. The maximum atomic E-state index is 12.6. The molecule has 0 spiro atoms. The molecule has 0 unspecified atom stereocenters. The van der Waals surface area contributed by atoms with E-state index in [1.165, 1.54) is 6.20 Å². The molecule has 1 heterocycles. The van der Waals surface area contributed by atoms with E-state index in [-0.39, 0.29) is 18.1 Å². The van der Waals surface area contributed by atoms with Crippen LogP contribution in [0.4, 0.5) is 5.69 Å². The SMILES string of the molecule is CCOC(=O)/C(C#N)=C\Nc1cccc(C(=O)N2CCC(C)CC2)c1. The molecule has 1 fully saturated rings. The van der Waals surface area contributed by atoms with Gasteiger partial charge in [-0.15, -0.1) is 0 Å². The highest BCUT2D eigenvalue weighted by Crippen LogP contribution is 2.19. The van der Waals surface area contributed by atoms with Crippen LogP contribution < -0.4 is 5.32 Å². The topological polar surface area (TPSA) is 82.4 Å². The number of esters is 1. The molecular formula is C19H23N3O3. The molecule has 0 aliphatic carbocycles. The van der Waals surface area contributed by atoms with Crippen LogP contribution in [0.1, 0.15) is 37.0 Å². The first-order valence-corrected chi connectivity index (χ1v) is 8.48. The third-order valence-corrected chi connectivity index (χ3v) is 4.18. The van der Waals surface area contributed by atoms with Gasteiger partial charge in [-0.25, -0.2) is 4.79 Å². The third kappa shape index (κ3) is 5.08. The molecule has 2 rings (SSSR count). The summed E-state index contributed by atoms with van der Waals surface area (Å²) in [4.78, 5) is 26.1. The van der Waals surface area contributed by atoms with Crippen LogP contribution in [0.5, 0.6) is 0 Å². The van der Waals surface area contributed by atoms with Gasteiger partial charge in [-0.05, 0) is 43.9 Å². The lowest BCUT2D eigenvalue weighted by Crippen LogP contribution is -2.37. The highest BCUT2D eigenvalue weighted by molar-refractivity contribution is 5.95. The van der Waals surface area contributed by atoms with Crippen LogP contribution in [0.2, 0.25) is 0 Å². The van der Waals surface area contributed by atoms with E-state index in [1.807, 2.05) is 4.90 Å². The van der Waals surface area contributed by atoms with Crippen molar-refractivity contribution in [1.82, 2.24) is 4.90 Å². The number of nitrogens with one attached hydrogen (secondary N) is 1. The number of hydrogen-bond donors (Lipinski definition) is 1. The summed E-state index contributed by atoms with van der Waals surface area (Å²) in [6, 6.07) is 8.83. The molecule has 1 saturated heterocycles. The van der Waals surface area contributed by atoms with Crippen molar-refractivity contribution in [1.29, 1.82) is 5.26 Å². The zero-order chi connectivity index (χ0) is 18.2. The molecule has 132 valence electrons. The van der Waals surface area contributed by atoms with Crippen LogP contribution in [-0.4, -0.2) is 36.5 Å². The number of piperidine rings is 1. The lowest BCUT2D eigenvalue weighted by atomic mass is 9.98. The fourth-order valence-corrected chi connectivity index (χ4v) is 2.64. The molecule has 1 aromatic carbocycles. The van der Waals surface area contributed by atoms with E-state index >= 15 is 0 Å². The van der Waals surface area contributed by atoms with Crippen molar-refractivity contribution in [2.45, 2.75) is 26.7 Å². The van der Waals surface area contributed by atoms with Crippen LogP contribution in [0.15, 0.2) is 36.0 Å². The Bertz CT molecular complexity index is 698. The summed E-state index contributed by atoms with van der Waals surface area (Å²) < 4.78 is 4.80. The number of likely N-dealkylation sites (tertiary alicyclic amines) is 1. The lowest BCUT2D eigenvalue weighted by Gasteiger charge is -2.30. The summed E-state index contributed by atoms with van der Waals surface area (Å²) in [6.45, 7) is 5.64. The molecule has 0 saturated carbocycles. The highest BCUT2D eigenvalue weighted by Gasteiger charge is 2.21. The van der Waals surface area contributed by atoms with Gasteiger partial charge in [0, 0.05) is 30.5 Å². The van der Waals surface area contributed by atoms with Crippen molar-refractivity contribution >= 4 is 17.6 Å². The molecule has 1 amide bonds. The second kappa shape index (κ2) is 8.88. The molecule has 1 N–H and O–H groups in total. The number of benzene rings is 1. The summed E-state index contributed by atoms with van der Waals surface area (Å²) in [7, 11) is 0. The summed E-state index contributed by atoms with van der Waals surface area (Å²) in [5, 5.41) is 11.9. The third-order valence-electron chi connectivity index (χ3n) is 4.18. The van der Waals surface area contributed by atoms with Gasteiger partial charge < -0.3 is 15.0 Å². The molecule has 1 aromatic rings. The van der Waals surface area contributed by atoms with E-state index in [4.69, 9.17) is 10.00 Å². The zero-order valence-electron chi connectivity index (χ0n) is 14.6. The maximum absolute atomic E-state index is 12.6. The van der Waals surface area contributed by atoms with Crippen molar-refractivity contribution in [2.75, 3.05) is 25.0 Å². The summed E-state index contributed by atoms with van der Waals surface area (Å²) >= 11 is 0. The fourth-order valence-electron chi connectivity index (χ4n) is 2.64. The first-order valence-electron chi connectivity index (χ1n) is 8.48. The number of nitrogens with zero attached hydrogens (tertiary/aromatic N) is 2. The minimum absolute atomic E-state index is 0.00503. The predicted octanol–water partition coefficient (Wildman–Crippen LogP) is 2.94. The number of ether oxygens (including phenoxy) is 1. The van der Waals surface area contributed by atoms with Gasteiger partial charge in [-0.2, -0.15) is 5.26 Å². The van der Waals surface area contributed by atoms with E-state index in [0.29, 0.717) is 17.2 Å². The summed E-state index contributed by atoms with van der Waals surface area (Å²) in [5.74, 6) is -0.00735. The Morgan fingerprint density at radius 1 is 1.40 bits per heavy atom. The smallest absolute Gasteiger partial charge is 0.350 e. The zero-order valence-corrected chi connectivity index (χ0v) is 14.6. The maximum Gasteiger partial charge on any atom is 0.350 e. The van der Waals surface area contributed by atoms with Gasteiger partial charge >= 0.3 is 5.97 Å².